The largest absolute Gasteiger partial charge is 0.466 e. The molecule has 17 nitrogen and oxygen atoms in total. The summed E-state index contributed by atoms with van der Waals surface area (Å²) >= 11 is 1.60. The average molecular weight is 977 g/mol. The number of aryl methyl sites for hydroxylation is 1. The molecule has 7 heterocycles. The van der Waals surface area contributed by atoms with Crippen LogP contribution in [0.4, 0.5) is 14.0 Å². The second kappa shape index (κ2) is 19.9. The van der Waals surface area contributed by atoms with Crippen molar-refractivity contribution >= 4 is 51.8 Å². The van der Waals surface area contributed by atoms with Crippen LogP contribution < -0.4 is 10.6 Å². The summed E-state index contributed by atoms with van der Waals surface area (Å²) in [6.07, 6.45) is 11.4. The first-order valence-electron chi connectivity index (χ1n) is 24.1. The summed E-state index contributed by atoms with van der Waals surface area (Å²) in [6, 6.07) is 3.88. The molecular formula is C51H61FN10O7S. The highest BCUT2D eigenvalue weighted by Crippen LogP contribution is 2.45. The van der Waals surface area contributed by atoms with Crippen LogP contribution in [-0.4, -0.2) is 103 Å². The lowest BCUT2D eigenvalue weighted by Crippen LogP contribution is -2.51. The number of ether oxygens (including phenoxy) is 3. The zero-order valence-corrected chi connectivity index (χ0v) is 41.5. The van der Waals surface area contributed by atoms with Gasteiger partial charge in [-0.3, -0.25) is 9.59 Å². The van der Waals surface area contributed by atoms with E-state index in [9.17, 15) is 19.2 Å². The van der Waals surface area contributed by atoms with Gasteiger partial charge in [-0.1, -0.05) is 40.3 Å². The van der Waals surface area contributed by atoms with Gasteiger partial charge in [-0.25, -0.2) is 28.9 Å². The predicted molar refractivity (Wildman–Crippen MR) is 262 cm³/mol. The SMILES string of the molecule is C=C1/C=C(c2cnc([C@@H]3CCCN3C(=O)[C@@H](NC(=O)OC)C(C)C)[nH]2)\C=C(\F)Cc2c(C)c3cc(-c4cnc([C@@H]5CCCN5C(=O)[C@@H](NC(=O)OC)C(C)C)[nH]4)ccc3n2C(c2cnc(C3CC3)s2)O1. The van der Waals surface area contributed by atoms with Gasteiger partial charge in [0.15, 0.2) is 0 Å². The molecule has 5 aromatic rings. The number of thiazole rings is 1. The molecule has 70 heavy (non-hydrogen) atoms. The lowest BCUT2D eigenvalue weighted by atomic mass is 10.0. The fourth-order valence-electron chi connectivity index (χ4n) is 9.97. The minimum atomic E-state index is -0.786. The standard InChI is InChI=1S/C51H61FN10O7S/c1-26(2)42(58-50(65)67-7)47(63)60-17-9-11-38(60)44-53-23-35(56-44)31-15-16-37-34(21-31)29(6)40-22-33(52)20-32(19-28(5)69-49(62(37)40)41-25-55-46(70-41)30-13-14-30)36-24-54-45(57-36)39-12-10-18-61(39)48(64)43(27(3)4)59-51(66)68-8/h15-16,19-21,23-27,30,38-39,42-43,49H,5,9-14,17-18,22H2,1-4,6-8H3,(H,53,56)(H,54,57)(H,58,65)(H,59,66)/b32-19+,33-20+/t38-,39-,42-,43-,49?/m0/s1. The summed E-state index contributed by atoms with van der Waals surface area (Å²) in [7, 11) is 2.54. The van der Waals surface area contributed by atoms with E-state index in [1.807, 2.05) is 52.9 Å². The third kappa shape index (κ3) is 9.59. The van der Waals surface area contributed by atoms with Crippen molar-refractivity contribution in [3.63, 3.8) is 0 Å². The summed E-state index contributed by atoms with van der Waals surface area (Å²) in [5.41, 5.74) is 5.04. The lowest BCUT2D eigenvalue weighted by Gasteiger charge is -2.30. The Morgan fingerprint density at radius 1 is 0.829 bits per heavy atom. The number of allylic oxidation sites excluding steroid dienone is 4. The molecule has 9 rings (SSSR count). The maximum absolute atomic E-state index is 16.9. The normalized spacial score (nSPS) is 22.0. The van der Waals surface area contributed by atoms with Crippen molar-refractivity contribution in [3.05, 3.63) is 106 Å². The molecule has 3 fully saturated rings. The molecule has 0 spiro atoms. The molecule has 1 aliphatic carbocycles. The van der Waals surface area contributed by atoms with E-state index in [0.29, 0.717) is 60.5 Å². The van der Waals surface area contributed by atoms with E-state index in [2.05, 4.69) is 37.8 Å². The molecule has 4 aromatic heterocycles. The van der Waals surface area contributed by atoms with E-state index in [4.69, 9.17) is 29.2 Å². The predicted octanol–water partition coefficient (Wildman–Crippen LogP) is 9.06. The Kier molecular flexibility index (Phi) is 13.7. The number of carbonyl (C=O) groups is 4. The molecular weight excluding hydrogens is 916 g/mol. The van der Waals surface area contributed by atoms with Crippen molar-refractivity contribution in [2.24, 2.45) is 11.8 Å². The van der Waals surface area contributed by atoms with Gasteiger partial charge in [0, 0.05) is 53.8 Å². The molecule has 0 radical (unpaired) electrons. The summed E-state index contributed by atoms with van der Waals surface area (Å²) in [5.74, 6) is 0.758. The highest BCUT2D eigenvalue weighted by molar-refractivity contribution is 7.11. The van der Waals surface area contributed by atoms with E-state index in [1.54, 1.807) is 39.6 Å². The summed E-state index contributed by atoms with van der Waals surface area (Å²) < 4.78 is 35.4. The van der Waals surface area contributed by atoms with E-state index >= 15 is 4.39 Å². The highest BCUT2D eigenvalue weighted by atomic mass is 32.1. The molecule has 1 unspecified atom stereocenters. The molecule has 1 aromatic carbocycles. The van der Waals surface area contributed by atoms with Crippen LogP contribution in [0.5, 0.6) is 0 Å². The second-order valence-electron chi connectivity index (χ2n) is 19.3. The zero-order valence-electron chi connectivity index (χ0n) is 40.6. The minimum Gasteiger partial charge on any atom is -0.466 e. The molecule has 19 heteroatoms. The maximum Gasteiger partial charge on any atom is 0.407 e. The van der Waals surface area contributed by atoms with Crippen molar-refractivity contribution in [3.8, 4) is 11.3 Å². The topological polar surface area (TPSA) is 202 Å². The van der Waals surface area contributed by atoms with Gasteiger partial charge in [0.1, 0.15) is 35.3 Å². The Morgan fingerprint density at radius 3 is 1.99 bits per heavy atom. The fourth-order valence-corrected chi connectivity index (χ4v) is 11.1. The van der Waals surface area contributed by atoms with E-state index in [-0.39, 0.29) is 42.2 Å². The number of nitrogens with one attached hydrogen (secondary N) is 4. The molecule has 4 amide bonds. The molecule has 1 saturated carbocycles. The summed E-state index contributed by atoms with van der Waals surface area (Å²) in [5, 5.41) is 7.34. The average Bonchev–Trinajstić information content (AvgIpc) is 4.04. The van der Waals surface area contributed by atoms with Gasteiger partial charge in [-0.15, -0.1) is 11.3 Å². The van der Waals surface area contributed by atoms with Crippen molar-refractivity contribution < 1.29 is 37.8 Å². The quantitative estimate of drug-likeness (QED) is 0.0935. The Balaban J connectivity index is 1.04. The number of aromatic nitrogens is 6. The van der Waals surface area contributed by atoms with Gasteiger partial charge in [0.25, 0.3) is 0 Å². The number of methoxy groups -OCH3 is 2. The van der Waals surface area contributed by atoms with Crippen LogP contribution >= 0.6 is 11.3 Å². The molecule has 0 bridgehead atoms. The van der Waals surface area contributed by atoms with Crippen LogP contribution in [0.25, 0.3) is 27.7 Å². The van der Waals surface area contributed by atoms with Gasteiger partial charge in [-0.2, -0.15) is 0 Å². The van der Waals surface area contributed by atoms with Crippen LogP contribution in [-0.2, 0) is 30.2 Å². The Morgan fingerprint density at radius 2 is 1.41 bits per heavy atom. The van der Waals surface area contributed by atoms with Gasteiger partial charge >= 0.3 is 12.2 Å². The monoisotopic (exact) mass is 976 g/mol. The third-order valence-electron chi connectivity index (χ3n) is 13.9. The first-order valence-corrected chi connectivity index (χ1v) is 24.9. The number of nitrogens with zero attached hydrogens (tertiary/aromatic N) is 6. The van der Waals surface area contributed by atoms with Crippen LogP contribution in [0.3, 0.4) is 0 Å². The number of amides is 4. The second-order valence-corrected chi connectivity index (χ2v) is 20.4. The molecule has 2 saturated heterocycles. The first kappa shape index (κ1) is 48.3. The number of fused-ring (bicyclic) bond motifs is 3. The fraction of sp³-hybridized carbons (Fsp3) is 0.471. The van der Waals surface area contributed by atoms with Crippen LogP contribution in [0.1, 0.15) is 129 Å². The van der Waals surface area contributed by atoms with Crippen molar-refractivity contribution in [1.29, 1.82) is 0 Å². The Labute approximate surface area is 410 Å². The number of hydrogen-bond acceptors (Lipinski definition) is 11. The summed E-state index contributed by atoms with van der Waals surface area (Å²) in [6.45, 7) is 14.9. The smallest absolute Gasteiger partial charge is 0.407 e. The molecule has 5 atom stereocenters. The first-order chi connectivity index (χ1) is 33.6. The number of halogens is 1. The number of carbonyl (C=O) groups excluding carboxylic acids is 4. The Hall–Kier alpha value is -6.76. The van der Waals surface area contributed by atoms with Gasteiger partial charge < -0.3 is 49.2 Å². The van der Waals surface area contributed by atoms with E-state index in [0.717, 1.165) is 69.0 Å². The molecule has 4 aliphatic rings. The molecule has 3 aliphatic heterocycles. The van der Waals surface area contributed by atoms with Crippen molar-refractivity contribution in [2.75, 3.05) is 27.3 Å². The number of aromatic amines is 2. The molecule has 370 valence electrons. The van der Waals surface area contributed by atoms with Gasteiger partial charge in [-0.05, 0) is 87.1 Å². The Bertz CT molecular complexity index is 2890. The van der Waals surface area contributed by atoms with Crippen LogP contribution in [0.2, 0.25) is 0 Å². The van der Waals surface area contributed by atoms with Gasteiger partial charge in [0.05, 0.1) is 65.5 Å². The van der Waals surface area contributed by atoms with Gasteiger partial charge in [0.2, 0.25) is 18.0 Å². The van der Waals surface area contributed by atoms with Crippen LogP contribution in [0, 0.1) is 18.8 Å². The molecule has 4 N–H and O–H groups in total. The number of H-pyrrole nitrogens is 2. The number of alkyl carbamates (subject to hydrolysis) is 2. The summed E-state index contributed by atoms with van der Waals surface area (Å²) in [4.78, 5) is 77.6. The third-order valence-corrected chi connectivity index (χ3v) is 15.0. The number of imidazole rings is 2. The number of benzene rings is 1. The number of likely N-dealkylation sites (tertiary alicyclic amines) is 2. The highest BCUT2D eigenvalue weighted by Gasteiger charge is 2.40. The van der Waals surface area contributed by atoms with Crippen LogP contribution in [0.15, 0.2) is 67.1 Å². The number of rotatable bonds is 12. The maximum atomic E-state index is 16.9. The van der Waals surface area contributed by atoms with E-state index in [1.165, 1.54) is 20.3 Å². The lowest BCUT2D eigenvalue weighted by molar-refractivity contribution is -0.136. The van der Waals surface area contributed by atoms with Crippen molar-refractivity contribution in [2.45, 2.75) is 116 Å². The zero-order chi connectivity index (χ0) is 49.5. The number of hydrogen-bond donors (Lipinski definition) is 4. The van der Waals surface area contributed by atoms with Crippen molar-refractivity contribution in [1.82, 2.24) is 49.9 Å². The minimum absolute atomic E-state index is 0.0502. The van der Waals surface area contributed by atoms with E-state index < -0.39 is 36.3 Å².